The van der Waals surface area contributed by atoms with Crippen molar-refractivity contribution >= 4 is 18.3 Å². The lowest BCUT2D eigenvalue weighted by molar-refractivity contribution is -0.127. The largest absolute Gasteiger partial charge is 0.486 e. The maximum Gasteiger partial charge on any atom is 0.223 e. The Kier molecular flexibility index (Phi) is 5.74. The highest BCUT2D eigenvalue weighted by Crippen LogP contribution is 2.43. The average Bonchev–Trinajstić information content (AvgIpc) is 3.44. The highest BCUT2D eigenvalue weighted by molar-refractivity contribution is 5.85. The smallest absolute Gasteiger partial charge is 0.223 e. The van der Waals surface area contributed by atoms with Crippen LogP contribution in [0.5, 0.6) is 11.5 Å². The second-order valence-corrected chi connectivity index (χ2v) is 7.35. The molecule has 0 aromatic heterocycles. The third-order valence-electron chi connectivity index (χ3n) is 5.40. The van der Waals surface area contributed by atoms with Gasteiger partial charge >= 0.3 is 0 Å². The lowest BCUT2D eigenvalue weighted by atomic mass is 9.85. The summed E-state index contributed by atoms with van der Waals surface area (Å²) in [7, 11) is 0. The second-order valence-electron chi connectivity index (χ2n) is 7.35. The predicted molar refractivity (Wildman–Crippen MR) is 98.2 cm³/mol. The Labute approximate surface area is 155 Å². The van der Waals surface area contributed by atoms with Gasteiger partial charge in [-0.1, -0.05) is 12.5 Å². The molecule has 3 unspecified atom stereocenters. The molecule has 2 saturated carbocycles. The summed E-state index contributed by atoms with van der Waals surface area (Å²) in [5.41, 5.74) is 7.16. The molecule has 1 amide bonds. The van der Waals surface area contributed by atoms with Crippen LogP contribution >= 0.6 is 12.4 Å². The lowest BCUT2D eigenvalue weighted by Crippen LogP contribution is -2.39. The summed E-state index contributed by atoms with van der Waals surface area (Å²) >= 11 is 0. The maximum absolute atomic E-state index is 12.7. The highest BCUT2D eigenvalue weighted by Gasteiger charge is 2.36. The number of hydrogen-bond donors (Lipinski definition) is 2. The number of nitrogens with one attached hydrogen (secondary N) is 1. The Bertz CT molecular complexity index is 621. The molecular weight excluding hydrogens is 340 g/mol. The molecule has 138 valence electrons. The van der Waals surface area contributed by atoms with Gasteiger partial charge in [0.1, 0.15) is 13.2 Å². The van der Waals surface area contributed by atoms with Gasteiger partial charge in [0.05, 0.1) is 6.04 Å². The van der Waals surface area contributed by atoms with Gasteiger partial charge in [0.2, 0.25) is 5.91 Å². The molecule has 0 saturated heterocycles. The van der Waals surface area contributed by atoms with Gasteiger partial charge in [-0.05, 0) is 55.7 Å². The lowest BCUT2D eigenvalue weighted by Gasteiger charge is -2.28. The third-order valence-corrected chi connectivity index (χ3v) is 5.40. The van der Waals surface area contributed by atoms with Gasteiger partial charge < -0.3 is 20.5 Å². The predicted octanol–water partition coefficient (Wildman–Crippen LogP) is 2.96. The number of halogens is 1. The highest BCUT2D eigenvalue weighted by atomic mass is 35.5. The molecule has 1 aromatic rings. The molecule has 2 fully saturated rings. The fourth-order valence-corrected chi connectivity index (χ4v) is 3.89. The van der Waals surface area contributed by atoms with Crippen LogP contribution in [-0.2, 0) is 4.79 Å². The molecule has 25 heavy (non-hydrogen) atoms. The summed E-state index contributed by atoms with van der Waals surface area (Å²) in [6.45, 7) is 1.17. The van der Waals surface area contributed by atoms with E-state index >= 15 is 0 Å². The number of carbonyl (C=O) groups excluding carboxylic acids is 1. The van der Waals surface area contributed by atoms with Crippen molar-refractivity contribution in [2.24, 2.45) is 17.6 Å². The molecule has 1 aromatic carbocycles. The van der Waals surface area contributed by atoms with E-state index in [0.717, 1.165) is 42.7 Å². The van der Waals surface area contributed by atoms with Gasteiger partial charge in [-0.25, -0.2) is 0 Å². The minimum absolute atomic E-state index is 0. The second kappa shape index (κ2) is 7.83. The van der Waals surface area contributed by atoms with Crippen molar-refractivity contribution in [2.45, 2.75) is 50.6 Å². The van der Waals surface area contributed by atoms with Crippen LogP contribution in [0.3, 0.4) is 0 Å². The molecule has 4 rings (SSSR count). The number of carbonyl (C=O) groups is 1. The fourth-order valence-electron chi connectivity index (χ4n) is 3.89. The van der Waals surface area contributed by atoms with E-state index in [-0.39, 0.29) is 36.3 Å². The van der Waals surface area contributed by atoms with Gasteiger partial charge in [0.15, 0.2) is 11.5 Å². The quantitative estimate of drug-likeness (QED) is 0.859. The first-order chi connectivity index (χ1) is 11.7. The molecule has 6 heteroatoms. The van der Waals surface area contributed by atoms with Gasteiger partial charge in [0, 0.05) is 12.0 Å². The van der Waals surface area contributed by atoms with E-state index in [1.807, 2.05) is 12.1 Å². The van der Waals surface area contributed by atoms with Crippen LogP contribution < -0.4 is 20.5 Å². The summed E-state index contributed by atoms with van der Waals surface area (Å²) in [6.07, 6.45) is 6.20. The van der Waals surface area contributed by atoms with Crippen molar-refractivity contribution in [1.82, 2.24) is 5.32 Å². The van der Waals surface area contributed by atoms with Crippen LogP contribution in [0, 0.1) is 11.8 Å². The van der Waals surface area contributed by atoms with E-state index in [2.05, 4.69) is 11.4 Å². The first kappa shape index (κ1) is 18.3. The average molecular weight is 367 g/mol. The maximum atomic E-state index is 12.7. The number of rotatable bonds is 4. The summed E-state index contributed by atoms with van der Waals surface area (Å²) < 4.78 is 11.3. The zero-order valence-corrected chi connectivity index (χ0v) is 15.2. The molecule has 0 spiro atoms. The Morgan fingerprint density at radius 1 is 1.12 bits per heavy atom. The number of ether oxygens (including phenoxy) is 2. The van der Waals surface area contributed by atoms with E-state index < -0.39 is 0 Å². The van der Waals surface area contributed by atoms with E-state index in [4.69, 9.17) is 15.2 Å². The Balaban J connectivity index is 0.00000182. The standard InChI is InChI=1S/C19H26N2O3.ClH/c20-15-3-1-2-14(10-15)19(22)21-18(12-4-5-12)13-6-7-16-17(11-13)24-9-8-23-16;/h6-7,11-12,14-15,18H,1-5,8-10,20H2,(H,21,22);1H. The van der Waals surface area contributed by atoms with E-state index in [9.17, 15) is 4.79 Å². The monoisotopic (exact) mass is 366 g/mol. The summed E-state index contributed by atoms with van der Waals surface area (Å²) in [5, 5.41) is 3.30. The van der Waals surface area contributed by atoms with Crippen molar-refractivity contribution < 1.29 is 14.3 Å². The zero-order valence-electron chi connectivity index (χ0n) is 14.4. The van der Waals surface area contributed by atoms with Crippen LogP contribution in [0.4, 0.5) is 0 Å². The van der Waals surface area contributed by atoms with Crippen LogP contribution in [0.15, 0.2) is 18.2 Å². The molecule has 1 heterocycles. The summed E-state index contributed by atoms with van der Waals surface area (Å²) in [5.74, 6) is 2.35. The Hall–Kier alpha value is -1.46. The molecule has 2 aliphatic carbocycles. The molecule has 3 aliphatic rings. The van der Waals surface area contributed by atoms with E-state index in [1.165, 1.54) is 12.8 Å². The van der Waals surface area contributed by atoms with Crippen molar-refractivity contribution in [3.8, 4) is 11.5 Å². The number of benzene rings is 1. The third kappa shape index (κ3) is 4.21. The fraction of sp³-hybridized carbons (Fsp3) is 0.632. The van der Waals surface area contributed by atoms with Gasteiger partial charge in [-0.15, -0.1) is 12.4 Å². The van der Waals surface area contributed by atoms with Gasteiger partial charge in [0.25, 0.3) is 0 Å². The Morgan fingerprint density at radius 3 is 2.60 bits per heavy atom. The van der Waals surface area contributed by atoms with Gasteiger partial charge in [-0.3, -0.25) is 4.79 Å². The summed E-state index contributed by atoms with van der Waals surface area (Å²) in [4.78, 5) is 12.7. The SMILES string of the molecule is Cl.NC1CCCC(C(=O)NC(c2ccc3c(c2)OCCO3)C2CC2)C1. The molecule has 1 aliphatic heterocycles. The van der Waals surface area contributed by atoms with Crippen LogP contribution in [0.25, 0.3) is 0 Å². The van der Waals surface area contributed by atoms with E-state index in [1.54, 1.807) is 0 Å². The molecule has 3 N–H and O–H groups in total. The van der Waals surface area contributed by atoms with Crippen molar-refractivity contribution in [1.29, 1.82) is 0 Å². The number of fused-ring (bicyclic) bond motifs is 1. The number of hydrogen-bond acceptors (Lipinski definition) is 4. The summed E-state index contributed by atoms with van der Waals surface area (Å²) in [6, 6.07) is 6.30. The minimum Gasteiger partial charge on any atom is -0.486 e. The number of amides is 1. The van der Waals surface area contributed by atoms with Gasteiger partial charge in [-0.2, -0.15) is 0 Å². The molecule has 0 radical (unpaired) electrons. The molecular formula is C19H27ClN2O3. The first-order valence-corrected chi connectivity index (χ1v) is 9.16. The Morgan fingerprint density at radius 2 is 1.88 bits per heavy atom. The van der Waals surface area contributed by atoms with Crippen LogP contribution in [0.1, 0.15) is 50.1 Å². The molecule has 3 atom stereocenters. The minimum atomic E-state index is 0. The van der Waals surface area contributed by atoms with Crippen molar-refractivity contribution in [2.75, 3.05) is 13.2 Å². The van der Waals surface area contributed by atoms with Crippen LogP contribution in [-0.4, -0.2) is 25.2 Å². The van der Waals surface area contributed by atoms with Crippen molar-refractivity contribution in [3.05, 3.63) is 23.8 Å². The topological polar surface area (TPSA) is 73.6 Å². The van der Waals surface area contributed by atoms with E-state index in [0.29, 0.717) is 19.1 Å². The van der Waals surface area contributed by atoms with Crippen LogP contribution in [0.2, 0.25) is 0 Å². The molecule has 5 nitrogen and oxygen atoms in total. The van der Waals surface area contributed by atoms with Crippen molar-refractivity contribution in [3.63, 3.8) is 0 Å². The number of nitrogens with two attached hydrogens (primary N) is 1. The zero-order chi connectivity index (χ0) is 16.5. The first-order valence-electron chi connectivity index (χ1n) is 9.16. The normalized spacial score (nSPS) is 26.3. The molecule has 0 bridgehead atoms.